The highest BCUT2D eigenvalue weighted by Crippen LogP contribution is 2.23. The Hall–Kier alpha value is -2.88. The summed E-state index contributed by atoms with van der Waals surface area (Å²) in [6.45, 7) is 4.22. The second kappa shape index (κ2) is 8.21. The van der Waals surface area contributed by atoms with Crippen LogP contribution in [0.2, 0.25) is 0 Å². The zero-order chi connectivity index (χ0) is 19.4. The van der Waals surface area contributed by atoms with E-state index in [9.17, 15) is 0 Å². The predicted octanol–water partition coefficient (Wildman–Crippen LogP) is 2.39. The van der Waals surface area contributed by atoms with E-state index in [1.807, 2.05) is 46.1 Å². The van der Waals surface area contributed by atoms with Crippen molar-refractivity contribution >= 4 is 23.7 Å². The normalized spacial score (nSPS) is 10.8. The first-order valence-electron chi connectivity index (χ1n) is 8.23. The lowest BCUT2D eigenvalue weighted by Gasteiger charge is -2.10. The smallest absolute Gasteiger partial charge is 0.277 e. The van der Waals surface area contributed by atoms with Crippen LogP contribution in [0.1, 0.15) is 22.8 Å². The summed E-state index contributed by atoms with van der Waals surface area (Å²) in [7, 11) is 3.68. The average molecular weight is 387 g/mol. The minimum Gasteiger partial charge on any atom is -0.484 e. The van der Waals surface area contributed by atoms with Crippen LogP contribution in [0.3, 0.4) is 0 Å². The van der Waals surface area contributed by atoms with Gasteiger partial charge in [-0.1, -0.05) is 23.9 Å². The van der Waals surface area contributed by atoms with Crippen molar-refractivity contribution in [1.29, 1.82) is 0 Å². The number of thioether (sulfide) groups is 1. The van der Waals surface area contributed by atoms with Gasteiger partial charge in [-0.15, -0.1) is 10.2 Å². The van der Waals surface area contributed by atoms with Gasteiger partial charge in [0.2, 0.25) is 11.9 Å². The number of nitrogens with two attached hydrogens (primary N) is 1. The Labute approximate surface area is 161 Å². The standard InChI is InChI=1S/C17H21N7O2S/c1-10-5-6-11(2)12(7-10)25-8-14-22-23-17(26-14)27-9-13-19-15(18)21-16(20-13)24(3)4/h5-7H,8-9H2,1-4H3,(H2,18,19,20,21). The highest BCUT2D eigenvalue weighted by Gasteiger charge is 2.11. The van der Waals surface area contributed by atoms with Crippen LogP contribution >= 0.6 is 11.8 Å². The quantitative estimate of drug-likeness (QED) is 0.606. The van der Waals surface area contributed by atoms with E-state index in [-0.39, 0.29) is 12.6 Å². The molecule has 0 spiro atoms. The molecule has 0 amide bonds. The Bertz CT molecular complexity index is 929. The van der Waals surface area contributed by atoms with Gasteiger partial charge in [0.25, 0.3) is 11.1 Å². The van der Waals surface area contributed by atoms with Gasteiger partial charge in [-0.2, -0.15) is 15.0 Å². The molecule has 9 nitrogen and oxygen atoms in total. The monoisotopic (exact) mass is 387 g/mol. The molecule has 142 valence electrons. The van der Waals surface area contributed by atoms with Gasteiger partial charge in [-0.25, -0.2) is 0 Å². The summed E-state index contributed by atoms with van der Waals surface area (Å²) >= 11 is 1.33. The van der Waals surface area contributed by atoms with Crippen molar-refractivity contribution in [3.63, 3.8) is 0 Å². The second-order valence-corrected chi connectivity index (χ2v) is 7.04. The van der Waals surface area contributed by atoms with Gasteiger partial charge in [0.05, 0.1) is 5.75 Å². The highest BCUT2D eigenvalue weighted by molar-refractivity contribution is 7.98. The Morgan fingerprint density at radius 1 is 1.15 bits per heavy atom. The van der Waals surface area contributed by atoms with E-state index >= 15 is 0 Å². The van der Waals surface area contributed by atoms with Crippen molar-refractivity contribution in [3.05, 3.63) is 41.0 Å². The number of aryl methyl sites for hydroxylation is 2. The Morgan fingerprint density at radius 3 is 2.74 bits per heavy atom. The van der Waals surface area contributed by atoms with Gasteiger partial charge in [0.1, 0.15) is 11.6 Å². The van der Waals surface area contributed by atoms with E-state index in [1.54, 1.807) is 4.90 Å². The summed E-state index contributed by atoms with van der Waals surface area (Å²) in [4.78, 5) is 14.3. The molecule has 0 fully saturated rings. The SMILES string of the molecule is Cc1ccc(C)c(OCc2nnc(SCc3nc(N)nc(N(C)C)n3)o2)c1. The fourth-order valence-corrected chi connectivity index (χ4v) is 2.81. The zero-order valence-electron chi connectivity index (χ0n) is 15.6. The number of hydrogen-bond acceptors (Lipinski definition) is 10. The summed E-state index contributed by atoms with van der Waals surface area (Å²) in [6.07, 6.45) is 0. The van der Waals surface area contributed by atoms with Crippen LogP contribution in [0.25, 0.3) is 0 Å². The van der Waals surface area contributed by atoms with Crippen LogP contribution in [0, 0.1) is 13.8 Å². The van der Waals surface area contributed by atoms with Crippen molar-refractivity contribution in [2.24, 2.45) is 0 Å². The Morgan fingerprint density at radius 2 is 1.96 bits per heavy atom. The van der Waals surface area contributed by atoms with Crippen molar-refractivity contribution in [1.82, 2.24) is 25.1 Å². The van der Waals surface area contributed by atoms with Crippen LogP contribution in [0.4, 0.5) is 11.9 Å². The molecule has 0 aliphatic heterocycles. The van der Waals surface area contributed by atoms with E-state index in [4.69, 9.17) is 14.9 Å². The third-order valence-electron chi connectivity index (χ3n) is 3.56. The molecule has 0 atom stereocenters. The van der Waals surface area contributed by atoms with Crippen LogP contribution in [0.15, 0.2) is 27.8 Å². The van der Waals surface area contributed by atoms with Crippen LogP contribution in [0.5, 0.6) is 5.75 Å². The molecule has 2 N–H and O–H groups in total. The molecule has 10 heteroatoms. The minimum absolute atomic E-state index is 0.178. The average Bonchev–Trinajstić information content (AvgIpc) is 3.08. The zero-order valence-corrected chi connectivity index (χ0v) is 16.4. The summed E-state index contributed by atoms with van der Waals surface area (Å²) in [6, 6.07) is 6.04. The van der Waals surface area contributed by atoms with Crippen molar-refractivity contribution < 1.29 is 9.15 Å². The van der Waals surface area contributed by atoms with E-state index in [0.29, 0.717) is 28.6 Å². The lowest BCUT2D eigenvalue weighted by Crippen LogP contribution is -2.15. The first-order chi connectivity index (χ1) is 12.9. The fraction of sp³-hybridized carbons (Fsp3) is 0.353. The van der Waals surface area contributed by atoms with Crippen molar-refractivity contribution in [3.8, 4) is 5.75 Å². The molecule has 3 rings (SSSR count). The fourth-order valence-electron chi connectivity index (χ4n) is 2.17. The van der Waals surface area contributed by atoms with Crippen LogP contribution in [-0.4, -0.2) is 39.2 Å². The van der Waals surface area contributed by atoms with Crippen molar-refractivity contribution in [2.75, 3.05) is 24.7 Å². The number of hydrogen-bond donors (Lipinski definition) is 1. The maximum Gasteiger partial charge on any atom is 0.277 e. The summed E-state index contributed by atoms with van der Waals surface area (Å²) in [5.74, 6) is 2.88. The molecule has 0 aliphatic carbocycles. The summed E-state index contributed by atoms with van der Waals surface area (Å²) < 4.78 is 11.4. The third-order valence-corrected chi connectivity index (χ3v) is 4.37. The van der Waals surface area contributed by atoms with Crippen molar-refractivity contribution in [2.45, 2.75) is 31.4 Å². The number of anilines is 2. The maximum absolute atomic E-state index is 5.78. The number of nitrogens with zero attached hydrogens (tertiary/aromatic N) is 6. The molecule has 3 aromatic rings. The number of nitrogen functional groups attached to an aromatic ring is 1. The molecule has 0 aliphatic rings. The maximum atomic E-state index is 5.78. The van der Waals surface area contributed by atoms with E-state index < -0.39 is 0 Å². The van der Waals surface area contributed by atoms with Gasteiger partial charge in [0.15, 0.2) is 6.61 Å². The second-order valence-electron chi connectivity index (χ2n) is 6.11. The first kappa shape index (κ1) is 18.9. The van der Waals surface area contributed by atoms with Crippen LogP contribution < -0.4 is 15.4 Å². The molecule has 0 bridgehead atoms. The lowest BCUT2D eigenvalue weighted by molar-refractivity contribution is 0.250. The highest BCUT2D eigenvalue weighted by atomic mass is 32.2. The van der Waals surface area contributed by atoms with Gasteiger partial charge < -0.3 is 19.8 Å². The Balaban J connectivity index is 1.59. The number of rotatable bonds is 7. The molecular formula is C17H21N7O2S. The molecular weight excluding hydrogens is 366 g/mol. The van der Waals surface area contributed by atoms with Gasteiger partial charge in [-0.05, 0) is 31.0 Å². The van der Waals surface area contributed by atoms with Gasteiger partial charge in [0, 0.05) is 14.1 Å². The summed E-state index contributed by atoms with van der Waals surface area (Å²) in [5, 5.41) is 8.44. The first-order valence-corrected chi connectivity index (χ1v) is 9.22. The van der Waals surface area contributed by atoms with Crippen LogP contribution in [-0.2, 0) is 12.4 Å². The number of aromatic nitrogens is 5. The largest absolute Gasteiger partial charge is 0.484 e. The molecule has 2 aromatic heterocycles. The number of benzene rings is 1. The molecule has 2 heterocycles. The molecule has 0 unspecified atom stereocenters. The molecule has 0 saturated carbocycles. The van der Waals surface area contributed by atoms with E-state index in [0.717, 1.165) is 16.9 Å². The topological polar surface area (TPSA) is 116 Å². The minimum atomic E-state index is 0.178. The molecule has 1 aromatic carbocycles. The molecule has 0 saturated heterocycles. The number of ether oxygens (including phenoxy) is 1. The molecule has 0 radical (unpaired) electrons. The molecule has 27 heavy (non-hydrogen) atoms. The third kappa shape index (κ3) is 5.07. The Kier molecular flexibility index (Phi) is 5.75. The van der Waals surface area contributed by atoms with E-state index in [1.165, 1.54) is 11.8 Å². The van der Waals surface area contributed by atoms with Gasteiger partial charge in [-0.3, -0.25) is 0 Å². The van der Waals surface area contributed by atoms with E-state index in [2.05, 4.69) is 25.1 Å². The lowest BCUT2D eigenvalue weighted by atomic mass is 10.1. The summed E-state index contributed by atoms with van der Waals surface area (Å²) in [5.41, 5.74) is 7.91. The predicted molar refractivity (Wildman–Crippen MR) is 103 cm³/mol. The van der Waals surface area contributed by atoms with Gasteiger partial charge >= 0.3 is 0 Å².